The first-order valence-corrected chi connectivity index (χ1v) is 8.43. The van der Waals surface area contributed by atoms with Gasteiger partial charge in [-0.1, -0.05) is 0 Å². The third-order valence-electron chi connectivity index (χ3n) is 3.46. The molecule has 9 heteroatoms. The Bertz CT molecular complexity index is 638. The van der Waals surface area contributed by atoms with Gasteiger partial charge in [-0.15, -0.1) is 0 Å². The van der Waals surface area contributed by atoms with Gasteiger partial charge < -0.3 is 10.0 Å². The van der Waals surface area contributed by atoms with Crippen LogP contribution in [-0.2, 0) is 27.9 Å². The summed E-state index contributed by atoms with van der Waals surface area (Å²) in [6.45, 7) is 1.04. The van der Waals surface area contributed by atoms with Crippen LogP contribution in [0, 0.1) is 0 Å². The average Bonchev–Trinajstić information content (AvgIpc) is 2.80. The van der Waals surface area contributed by atoms with E-state index in [1.54, 1.807) is 24.8 Å². The number of fused-ring (bicyclic) bond motifs is 1. The molecule has 21 heavy (non-hydrogen) atoms. The fourth-order valence-corrected chi connectivity index (χ4v) is 2.94. The number of hydrogen-bond acceptors (Lipinski definition) is 5. The Morgan fingerprint density at radius 2 is 2.14 bits per heavy atom. The van der Waals surface area contributed by atoms with Gasteiger partial charge >= 0.3 is 0 Å². The molecule has 0 fully saturated rings. The maximum absolute atomic E-state index is 11.6. The molecule has 0 radical (unpaired) electrons. The highest BCUT2D eigenvalue weighted by Gasteiger charge is 2.26. The Morgan fingerprint density at radius 1 is 1.48 bits per heavy atom. The highest BCUT2D eigenvalue weighted by molar-refractivity contribution is 7.88. The molecule has 1 aliphatic rings. The van der Waals surface area contributed by atoms with Gasteiger partial charge in [0.1, 0.15) is 6.10 Å². The summed E-state index contributed by atoms with van der Waals surface area (Å²) in [5.41, 5.74) is 1.12. The number of rotatable bonds is 4. The predicted molar refractivity (Wildman–Crippen MR) is 75.8 cm³/mol. The summed E-state index contributed by atoms with van der Waals surface area (Å²) >= 11 is 0. The van der Waals surface area contributed by atoms with Gasteiger partial charge in [0.2, 0.25) is 15.9 Å². The largest absolute Gasteiger partial charge is 0.386 e. The van der Waals surface area contributed by atoms with Crippen molar-refractivity contribution in [3.63, 3.8) is 0 Å². The van der Waals surface area contributed by atoms with E-state index in [1.807, 2.05) is 0 Å². The lowest BCUT2D eigenvalue weighted by atomic mass is 10.1. The number of aromatic nitrogens is 2. The smallest absolute Gasteiger partial charge is 0.225 e. The van der Waals surface area contributed by atoms with Gasteiger partial charge in [-0.2, -0.15) is 9.40 Å². The van der Waals surface area contributed by atoms with Crippen molar-refractivity contribution in [2.24, 2.45) is 0 Å². The van der Waals surface area contributed by atoms with E-state index in [0.717, 1.165) is 5.69 Å². The van der Waals surface area contributed by atoms with Crippen LogP contribution in [0.4, 0.5) is 0 Å². The lowest BCUT2D eigenvalue weighted by Gasteiger charge is -2.25. The summed E-state index contributed by atoms with van der Waals surface area (Å²) < 4.78 is 26.2. The normalized spacial score (nSPS) is 17.3. The molecule has 0 spiro atoms. The topological polar surface area (TPSA) is 95.7 Å². The Kier molecular flexibility index (Phi) is 4.35. The molecule has 0 saturated carbocycles. The van der Waals surface area contributed by atoms with Gasteiger partial charge in [-0.25, -0.2) is 8.42 Å². The molecule has 0 unspecified atom stereocenters. The van der Waals surface area contributed by atoms with E-state index in [-0.39, 0.29) is 18.9 Å². The van der Waals surface area contributed by atoms with Crippen LogP contribution in [0.2, 0.25) is 0 Å². The SMILES string of the molecule is CN(C)C(=O)C[C@H](O)c1cc2n(n1)CCN(S(C)(=O)=O)C2. The minimum atomic E-state index is -3.24. The third-order valence-corrected chi connectivity index (χ3v) is 4.71. The van der Waals surface area contributed by atoms with Crippen molar-refractivity contribution >= 4 is 15.9 Å². The first-order valence-electron chi connectivity index (χ1n) is 6.58. The standard InChI is InChI=1S/C12H20N4O4S/c1-14(2)12(18)7-11(17)10-6-9-8-15(21(3,19)20)4-5-16(9)13-10/h6,11,17H,4-5,7-8H2,1-3H3/t11-/m0/s1. The summed E-state index contributed by atoms with van der Waals surface area (Å²) in [6, 6.07) is 1.66. The number of aliphatic hydroxyl groups excluding tert-OH is 1. The predicted octanol–water partition coefficient (Wildman–Crippen LogP) is -0.830. The Balaban J connectivity index is 2.13. The van der Waals surface area contributed by atoms with E-state index < -0.39 is 16.1 Å². The molecule has 2 heterocycles. The lowest BCUT2D eigenvalue weighted by Crippen LogP contribution is -2.37. The molecule has 1 atom stereocenters. The highest BCUT2D eigenvalue weighted by atomic mass is 32.2. The van der Waals surface area contributed by atoms with Crippen molar-refractivity contribution in [1.82, 2.24) is 19.0 Å². The fourth-order valence-electron chi connectivity index (χ4n) is 2.16. The first-order chi connectivity index (χ1) is 9.68. The van der Waals surface area contributed by atoms with Crippen LogP contribution in [0.1, 0.15) is 23.9 Å². The van der Waals surface area contributed by atoms with E-state index in [2.05, 4.69) is 5.10 Å². The molecule has 0 saturated heterocycles. The minimum absolute atomic E-state index is 0.0424. The number of aliphatic hydroxyl groups is 1. The summed E-state index contributed by atoms with van der Waals surface area (Å²) in [4.78, 5) is 13.0. The van der Waals surface area contributed by atoms with Crippen molar-refractivity contribution < 1.29 is 18.3 Å². The van der Waals surface area contributed by atoms with E-state index in [9.17, 15) is 18.3 Å². The highest BCUT2D eigenvalue weighted by Crippen LogP contribution is 2.21. The van der Waals surface area contributed by atoms with Crippen LogP contribution >= 0.6 is 0 Å². The van der Waals surface area contributed by atoms with Crippen LogP contribution in [-0.4, -0.2) is 65.3 Å². The second-order valence-electron chi connectivity index (χ2n) is 5.39. The van der Waals surface area contributed by atoms with Crippen LogP contribution in [0.3, 0.4) is 0 Å². The Labute approximate surface area is 124 Å². The maximum Gasteiger partial charge on any atom is 0.225 e. The zero-order chi connectivity index (χ0) is 15.8. The van der Waals surface area contributed by atoms with Crippen LogP contribution in [0.5, 0.6) is 0 Å². The second-order valence-corrected chi connectivity index (χ2v) is 7.37. The minimum Gasteiger partial charge on any atom is -0.386 e. The molecule has 1 N–H and O–H groups in total. The van der Waals surface area contributed by atoms with Crippen molar-refractivity contribution in [3.8, 4) is 0 Å². The quantitative estimate of drug-likeness (QED) is 0.782. The first kappa shape index (κ1) is 15.9. The van der Waals surface area contributed by atoms with Crippen molar-refractivity contribution in [2.75, 3.05) is 26.9 Å². The third kappa shape index (κ3) is 3.60. The van der Waals surface area contributed by atoms with Gasteiger partial charge in [0.15, 0.2) is 0 Å². The van der Waals surface area contributed by atoms with E-state index >= 15 is 0 Å². The molecule has 1 aromatic heterocycles. The monoisotopic (exact) mass is 316 g/mol. The second kappa shape index (κ2) is 5.74. The number of sulfonamides is 1. The molecule has 0 bridgehead atoms. The van der Waals surface area contributed by atoms with Gasteiger partial charge in [-0.3, -0.25) is 9.48 Å². The summed E-state index contributed by atoms with van der Waals surface area (Å²) in [6.07, 6.45) is 0.147. The van der Waals surface area contributed by atoms with E-state index in [1.165, 1.54) is 15.5 Å². The summed E-state index contributed by atoms with van der Waals surface area (Å²) in [5.74, 6) is -0.189. The van der Waals surface area contributed by atoms with Gasteiger partial charge in [0.25, 0.3) is 0 Å². The van der Waals surface area contributed by atoms with Crippen molar-refractivity contribution in [1.29, 1.82) is 0 Å². The molecule has 8 nitrogen and oxygen atoms in total. The zero-order valence-corrected chi connectivity index (χ0v) is 13.2. The Hall–Kier alpha value is -1.45. The van der Waals surface area contributed by atoms with Crippen LogP contribution in [0.15, 0.2) is 6.07 Å². The molecule has 1 amide bonds. The molecule has 1 aliphatic heterocycles. The number of carbonyl (C=O) groups is 1. The molecule has 2 rings (SSSR count). The Morgan fingerprint density at radius 3 is 2.71 bits per heavy atom. The molecule has 1 aromatic rings. The number of amides is 1. The summed E-state index contributed by atoms with van der Waals surface area (Å²) in [5, 5.41) is 14.3. The molecule has 0 aromatic carbocycles. The van der Waals surface area contributed by atoms with Crippen molar-refractivity contribution in [3.05, 3.63) is 17.5 Å². The zero-order valence-electron chi connectivity index (χ0n) is 12.4. The molecular formula is C12H20N4O4S. The van der Waals surface area contributed by atoms with Gasteiger partial charge in [0, 0.05) is 20.6 Å². The molecule has 118 valence electrons. The molecular weight excluding hydrogens is 296 g/mol. The maximum atomic E-state index is 11.6. The average molecular weight is 316 g/mol. The number of carbonyl (C=O) groups excluding carboxylic acids is 1. The van der Waals surface area contributed by atoms with Gasteiger partial charge in [-0.05, 0) is 6.07 Å². The van der Waals surface area contributed by atoms with E-state index in [4.69, 9.17) is 0 Å². The van der Waals surface area contributed by atoms with Gasteiger partial charge in [0.05, 0.1) is 37.2 Å². The van der Waals surface area contributed by atoms with E-state index in [0.29, 0.717) is 18.8 Å². The lowest BCUT2D eigenvalue weighted by molar-refractivity contribution is -0.130. The van der Waals surface area contributed by atoms with Crippen LogP contribution < -0.4 is 0 Å². The number of hydrogen-bond donors (Lipinski definition) is 1. The van der Waals surface area contributed by atoms with Crippen LogP contribution in [0.25, 0.3) is 0 Å². The van der Waals surface area contributed by atoms with Crippen molar-refractivity contribution in [2.45, 2.75) is 25.6 Å². The summed E-state index contributed by atoms with van der Waals surface area (Å²) in [7, 11) is 0.00364. The number of nitrogens with zero attached hydrogens (tertiary/aromatic N) is 4. The molecule has 0 aliphatic carbocycles. The fraction of sp³-hybridized carbons (Fsp3) is 0.667.